The molecule has 2 aromatic carbocycles. The van der Waals surface area contributed by atoms with E-state index in [1.807, 2.05) is 55.6 Å². The highest BCUT2D eigenvalue weighted by Crippen LogP contribution is 2.25. The van der Waals surface area contributed by atoms with E-state index < -0.39 is 0 Å². The zero-order valence-corrected chi connectivity index (χ0v) is 9.70. The van der Waals surface area contributed by atoms with Crippen LogP contribution in [0.3, 0.4) is 0 Å². The van der Waals surface area contributed by atoms with Gasteiger partial charge >= 0.3 is 0 Å². The summed E-state index contributed by atoms with van der Waals surface area (Å²) >= 11 is 0. The van der Waals surface area contributed by atoms with Gasteiger partial charge in [0.05, 0.1) is 0 Å². The summed E-state index contributed by atoms with van der Waals surface area (Å²) in [6.07, 6.45) is 0. The highest BCUT2D eigenvalue weighted by Gasteiger charge is 2.06. The van der Waals surface area contributed by atoms with Crippen molar-refractivity contribution in [1.29, 1.82) is 5.41 Å². The third-order valence-corrected chi connectivity index (χ3v) is 2.68. The van der Waals surface area contributed by atoms with Crippen molar-refractivity contribution < 1.29 is 0 Å². The Kier molecular flexibility index (Phi) is 3.10. The minimum absolute atomic E-state index is 0.0930. The Bertz CT molecular complexity index is 547. The van der Waals surface area contributed by atoms with E-state index in [1.54, 1.807) is 0 Å². The minimum Gasteiger partial charge on any atom is -0.388 e. The second-order valence-electron chi connectivity index (χ2n) is 3.79. The molecule has 0 saturated carbocycles. The molecule has 0 atom stereocenters. The highest BCUT2D eigenvalue weighted by atomic mass is 14.8. The Morgan fingerprint density at radius 2 is 1.88 bits per heavy atom. The molecule has 3 nitrogen and oxygen atoms in total. The van der Waals surface area contributed by atoms with E-state index in [0.717, 1.165) is 22.4 Å². The molecule has 0 aromatic heterocycles. The number of rotatable bonds is 3. The molecule has 0 unspecified atom stereocenters. The first kappa shape index (κ1) is 11.2. The first-order valence-corrected chi connectivity index (χ1v) is 5.44. The lowest BCUT2D eigenvalue weighted by molar-refractivity contribution is 1.42. The van der Waals surface area contributed by atoms with Gasteiger partial charge in [0, 0.05) is 18.3 Å². The van der Waals surface area contributed by atoms with Crippen LogP contribution in [0.25, 0.3) is 11.1 Å². The average molecular weight is 225 g/mol. The van der Waals surface area contributed by atoms with Gasteiger partial charge in [-0.15, -0.1) is 0 Å². The van der Waals surface area contributed by atoms with E-state index in [1.165, 1.54) is 0 Å². The van der Waals surface area contributed by atoms with Gasteiger partial charge in [0.25, 0.3) is 0 Å². The number of nitrogens with one attached hydrogen (secondary N) is 2. The Labute approximate surface area is 101 Å². The lowest BCUT2D eigenvalue weighted by Crippen LogP contribution is -2.12. The Balaban J connectivity index is 2.56. The van der Waals surface area contributed by atoms with Gasteiger partial charge in [0.2, 0.25) is 0 Å². The Morgan fingerprint density at radius 3 is 2.59 bits per heavy atom. The monoisotopic (exact) mass is 225 g/mol. The van der Waals surface area contributed by atoms with Crippen LogP contribution in [-0.4, -0.2) is 12.9 Å². The maximum Gasteiger partial charge on any atom is 0.123 e. The van der Waals surface area contributed by atoms with Gasteiger partial charge in [0.1, 0.15) is 5.84 Å². The smallest absolute Gasteiger partial charge is 0.123 e. The first-order chi connectivity index (χ1) is 8.22. The first-order valence-electron chi connectivity index (χ1n) is 5.44. The number of benzene rings is 2. The molecule has 0 aliphatic rings. The SMILES string of the molecule is CNc1cccc(-c2ccccc2C(=N)N)c1. The van der Waals surface area contributed by atoms with E-state index in [9.17, 15) is 0 Å². The molecule has 17 heavy (non-hydrogen) atoms. The molecular weight excluding hydrogens is 210 g/mol. The highest BCUT2D eigenvalue weighted by molar-refractivity contribution is 6.01. The molecule has 0 spiro atoms. The third-order valence-electron chi connectivity index (χ3n) is 2.68. The van der Waals surface area contributed by atoms with Crippen molar-refractivity contribution in [2.24, 2.45) is 5.73 Å². The zero-order valence-electron chi connectivity index (χ0n) is 9.70. The standard InChI is InChI=1S/C14H15N3/c1-17-11-6-4-5-10(9-11)12-7-2-3-8-13(12)14(15)16/h2-9,17H,1H3,(H3,15,16). The molecule has 2 aromatic rings. The molecule has 2 rings (SSSR count). The van der Waals surface area contributed by atoms with Gasteiger partial charge in [-0.2, -0.15) is 0 Å². The van der Waals surface area contributed by atoms with Gasteiger partial charge in [0.15, 0.2) is 0 Å². The number of nitrogen functional groups attached to an aromatic ring is 1. The fourth-order valence-electron chi connectivity index (χ4n) is 1.81. The maximum absolute atomic E-state index is 7.59. The molecular formula is C14H15N3. The quantitative estimate of drug-likeness (QED) is 0.555. The van der Waals surface area contributed by atoms with Crippen LogP contribution in [0.4, 0.5) is 5.69 Å². The summed E-state index contributed by atoms with van der Waals surface area (Å²) in [6, 6.07) is 15.7. The molecule has 0 saturated heterocycles. The predicted molar refractivity (Wildman–Crippen MR) is 72.4 cm³/mol. The number of amidine groups is 1. The lowest BCUT2D eigenvalue weighted by Gasteiger charge is -2.09. The van der Waals surface area contributed by atoms with Crippen LogP contribution in [0.2, 0.25) is 0 Å². The van der Waals surface area contributed by atoms with Crippen molar-refractivity contribution in [2.45, 2.75) is 0 Å². The van der Waals surface area contributed by atoms with E-state index in [-0.39, 0.29) is 5.84 Å². The Hall–Kier alpha value is -2.29. The van der Waals surface area contributed by atoms with E-state index >= 15 is 0 Å². The molecule has 0 radical (unpaired) electrons. The Morgan fingerprint density at radius 1 is 1.12 bits per heavy atom. The van der Waals surface area contributed by atoms with Crippen molar-refractivity contribution >= 4 is 11.5 Å². The average Bonchev–Trinajstić information content (AvgIpc) is 2.39. The van der Waals surface area contributed by atoms with Crippen molar-refractivity contribution in [3.8, 4) is 11.1 Å². The fraction of sp³-hybridized carbons (Fsp3) is 0.0714. The maximum atomic E-state index is 7.59. The number of nitrogens with two attached hydrogens (primary N) is 1. The summed E-state index contributed by atoms with van der Waals surface area (Å²) in [5, 5.41) is 10.7. The zero-order chi connectivity index (χ0) is 12.3. The topological polar surface area (TPSA) is 61.9 Å². The predicted octanol–water partition coefficient (Wildman–Crippen LogP) is 2.68. The van der Waals surface area contributed by atoms with Gasteiger partial charge in [-0.3, -0.25) is 5.41 Å². The summed E-state index contributed by atoms with van der Waals surface area (Å²) in [6.45, 7) is 0. The fourth-order valence-corrected chi connectivity index (χ4v) is 1.81. The second-order valence-corrected chi connectivity index (χ2v) is 3.79. The van der Waals surface area contributed by atoms with Gasteiger partial charge in [-0.1, -0.05) is 36.4 Å². The van der Waals surface area contributed by atoms with E-state index in [2.05, 4.69) is 5.32 Å². The summed E-state index contributed by atoms with van der Waals surface area (Å²) < 4.78 is 0. The largest absolute Gasteiger partial charge is 0.388 e. The van der Waals surface area contributed by atoms with Crippen molar-refractivity contribution in [1.82, 2.24) is 0 Å². The summed E-state index contributed by atoms with van der Waals surface area (Å²) in [4.78, 5) is 0. The number of hydrogen-bond donors (Lipinski definition) is 3. The van der Waals surface area contributed by atoms with Crippen molar-refractivity contribution in [2.75, 3.05) is 12.4 Å². The van der Waals surface area contributed by atoms with Crippen LogP contribution in [0.1, 0.15) is 5.56 Å². The van der Waals surface area contributed by atoms with Gasteiger partial charge in [-0.25, -0.2) is 0 Å². The molecule has 0 aliphatic heterocycles. The van der Waals surface area contributed by atoms with Crippen molar-refractivity contribution in [3.63, 3.8) is 0 Å². The van der Waals surface area contributed by atoms with Crippen LogP contribution in [0, 0.1) is 5.41 Å². The lowest BCUT2D eigenvalue weighted by atomic mass is 9.99. The number of hydrogen-bond acceptors (Lipinski definition) is 2. The normalized spacial score (nSPS) is 9.94. The number of anilines is 1. The minimum atomic E-state index is 0.0930. The molecule has 3 heteroatoms. The molecule has 4 N–H and O–H groups in total. The van der Waals surface area contributed by atoms with Crippen LogP contribution < -0.4 is 11.1 Å². The molecule has 0 heterocycles. The third kappa shape index (κ3) is 2.28. The second kappa shape index (κ2) is 4.70. The van der Waals surface area contributed by atoms with Crippen LogP contribution in [-0.2, 0) is 0 Å². The van der Waals surface area contributed by atoms with Crippen molar-refractivity contribution in [3.05, 3.63) is 54.1 Å². The van der Waals surface area contributed by atoms with E-state index in [0.29, 0.717) is 0 Å². The summed E-state index contributed by atoms with van der Waals surface area (Å²) in [5.74, 6) is 0.0930. The molecule has 86 valence electrons. The molecule has 0 aliphatic carbocycles. The van der Waals surface area contributed by atoms with Crippen LogP contribution in [0.15, 0.2) is 48.5 Å². The molecule has 0 amide bonds. The van der Waals surface area contributed by atoms with Gasteiger partial charge < -0.3 is 11.1 Å². The molecule has 0 fully saturated rings. The van der Waals surface area contributed by atoms with Crippen LogP contribution >= 0.6 is 0 Å². The summed E-state index contributed by atoms with van der Waals surface area (Å²) in [5.41, 5.74) is 9.44. The van der Waals surface area contributed by atoms with Crippen LogP contribution in [0.5, 0.6) is 0 Å². The van der Waals surface area contributed by atoms with Gasteiger partial charge in [-0.05, 0) is 23.3 Å². The summed E-state index contributed by atoms with van der Waals surface area (Å²) in [7, 11) is 1.88. The molecule has 0 bridgehead atoms. The van der Waals surface area contributed by atoms with E-state index in [4.69, 9.17) is 11.1 Å².